The van der Waals surface area contributed by atoms with Gasteiger partial charge >= 0.3 is 6.18 Å². The SMILES string of the molecule is C[C@@H](NCC(=O)Nc1ccc(C(F)(F)F)cc1)c1ccc(F)cc1F. The van der Waals surface area contributed by atoms with Gasteiger partial charge in [0.25, 0.3) is 0 Å². The third kappa shape index (κ3) is 5.25. The molecule has 0 saturated carbocycles. The molecule has 0 unspecified atom stereocenters. The molecule has 0 saturated heterocycles. The molecule has 3 nitrogen and oxygen atoms in total. The lowest BCUT2D eigenvalue weighted by Crippen LogP contribution is -2.30. The van der Waals surface area contributed by atoms with Gasteiger partial charge in [0.1, 0.15) is 11.6 Å². The van der Waals surface area contributed by atoms with Gasteiger partial charge in [0.05, 0.1) is 12.1 Å². The number of amides is 1. The van der Waals surface area contributed by atoms with Crippen molar-refractivity contribution in [2.24, 2.45) is 0 Å². The highest BCUT2D eigenvalue weighted by atomic mass is 19.4. The van der Waals surface area contributed by atoms with E-state index in [1.54, 1.807) is 6.92 Å². The van der Waals surface area contributed by atoms with Gasteiger partial charge in [-0.2, -0.15) is 13.2 Å². The molecule has 134 valence electrons. The lowest BCUT2D eigenvalue weighted by atomic mass is 10.1. The van der Waals surface area contributed by atoms with Gasteiger partial charge < -0.3 is 10.6 Å². The van der Waals surface area contributed by atoms with Gasteiger partial charge in [-0.25, -0.2) is 8.78 Å². The molecule has 0 bridgehead atoms. The summed E-state index contributed by atoms with van der Waals surface area (Å²) >= 11 is 0. The van der Waals surface area contributed by atoms with E-state index in [1.165, 1.54) is 6.07 Å². The van der Waals surface area contributed by atoms with E-state index in [0.29, 0.717) is 0 Å². The van der Waals surface area contributed by atoms with Crippen molar-refractivity contribution in [2.45, 2.75) is 19.1 Å². The first-order valence-electron chi connectivity index (χ1n) is 7.32. The highest BCUT2D eigenvalue weighted by molar-refractivity contribution is 5.92. The molecule has 1 atom stereocenters. The first-order chi connectivity index (χ1) is 11.7. The Morgan fingerprint density at radius 2 is 1.72 bits per heavy atom. The van der Waals surface area contributed by atoms with Crippen LogP contribution < -0.4 is 10.6 Å². The number of hydrogen-bond donors (Lipinski definition) is 2. The van der Waals surface area contributed by atoms with E-state index in [0.717, 1.165) is 36.4 Å². The molecule has 0 aliphatic heterocycles. The molecule has 0 aliphatic rings. The van der Waals surface area contributed by atoms with E-state index in [-0.39, 0.29) is 17.8 Å². The van der Waals surface area contributed by atoms with Gasteiger partial charge in [-0.3, -0.25) is 4.79 Å². The van der Waals surface area contributed by atoms with Gasteiger partial charge in [-0.15, -0.1) is 0 Å². The molecule has 8 heteroatoms. The molecule has 0 aliphatic carbocycles. The zero-order valence-corrected chi connectivity index (χ0v) is 13.1. The summed E-state index contributed by atoms with van der Waals surface area (Å²) in [6.07, 6.45) is -4.45. The van der Waals surface area contributed by atoms with Gasteiger partial charge in [0, 0.05) is 23.4 Å². The maximum atomic E-state index is 13.6. The number of alkyl halides is 3. The molecule has 0 heterocycles. The number of hydrogen-bond acceptors (Lipinski definition) is 2. The summed E-state index contributed by atoms with van der Waals surface area (Å²) < 4.78 is 63.9. The fourth-order valence-electron chi connectivity index (χ4n) is 2.16. The number of halogens is 5. The Morgan fingerprint density at radius 3 is 2.28 bits per heavy atom. The summed E-state index contributed by atoms with van der Waals surface area (Å²) in [6, 6.07) is 6.58. The number of anilines is 1. The average Bonchev–Trinajstić information content (AvgIpc) is 2.52. The Morgan fingerprint density at radius 1 is 1.08 bits per heavy atom. The molecule has 0 radical (unpaired) electrons. The van der Waals surface area contributed by atoms with Gasteiger partial charge in [-0.05, 0) is 37.3 Å². The van der Waals surface area contributed by atoms with E-state index in [9.17, 15) is 26.7 Å². The van der Waals surface area contributed by atoms with Crippen LogP contribution in [0.5, 0.6) is 0 Å². The average molecular weight is 358 g/mol. The van der Waals surface area contributed by atoms with Crippen LogP contribution in [0.4, 0.5) is 27.6 Å². The Bertz CT molecular complexity index is 744. The smallest absolute Gasteiger partial charge is 0.325 e. The van der Waals surface area contributed by atoms with Crippen LogP contribution in [0.3, 0.4) is 0 Å². The van der Waals surface area contributed by atoms with Crippen LogP contribution in [0.2, 0.25) is 0 Å². The lowest BCUT2D eigenvalue weighted by Gasteiger charge is -2.15. The summed E-state index contributed by atoms with van der Waals surface area (Å²) in [7, 11) is 0. The molecule has 0 aromatic heterocycles. The van der Waals surface area contributed by atoms with Crippen LogP contribution in [0.1, 0.15) is 24.1 Å². The minimum absolute atomic E-state index is 0.195. The van der Waals surface area contributed by atoms with Crippen LogP contribution in [-0.2, 0) is 11.0 Å². The van der Waals surface area contributed by atoms with E-state index in [4.69, 9.17) is 0 Å². The van der Waals surface area contributed by atoms with Crippen molar-refractivity contribution in [1.82, 2.24) is 5.32 Å². The number of benzene rings is 2. The largest absolute Gasteiger partial charge is 0.416 e. The van der Waals surface area contributed by atoms with Crippen LogP contribution in [0, 0.1) is 11.6 Å². The van der Waals surface area contributed by atoms with Crippen molar-refractivity contribution >= 4 is 11.6 Å². The van der Waals surface area contributed by atoms with E-state index in [2.05, 4.69) is 10.6 Å². The molecule has 0 fully saturated rings. The fourth-order valence-corrected chi connectivity index (χ4v) is 2.16. The Balaban J connectivity index is 1.90. The molecule has 1 amide bonds. The molecular formula is C17H15F5N2O. The second-order valence-electron chi connectivity index (χ2n) is 5.39. The standard InChI is InChI=1S/C17H15F5N2O/c1-10(14-7-4-12(18)8-15(14)19)23-9-16(25)24-13-5-2-11(3-6-13)17(20,21)22/h2-8,10,23H,9H2,1H3,(H,24,25)/t10-/m1/s1. The lowest BCUT2D eigenvalue weighted by molar-refractivity contribution is -0.137. The van der Waals surface area contributed by atoms with Crippen LogP contribution >= 0.6 is 0 Å². The second-order valence-corrected chi connectivity index (χ2v) is 5.39. The molecule has 2 aromatic rings. The maximum absolute atomic E-state index is 13.6. The number of nitrogens with one attached hydrogen (secondary N) is 2. The fraction of sp³-hybridized carbons (Fsp3) is 0.235. The Kier molecular flexibility index (Phi) is 5.73. The van der Waals surface area contributed by atoms with Crippen molar-refractivity contribution < 1.29 is 26.7 Å². The van der Waals surface area contributed by atoms with Crippen molar-refractivity contribution in [2.75, 3.05) is 11.9 Å². The Hall–Kier alpha value is -2.48. The summed E-state index contributed by atoms with van der Waals surface area (Å²) in [5.74, 6) is -1.94. The molecule has 0 spiro atoms. The summed E-state index contributed by atoms with van der Waals surface area (Å²) in [5, 5.41) is 5.19. The molecule has 2 aromatic carbocycles. The number of carbonyl (C=O) groups excluding carboxylic acids is 1. The number of carbonyl (C=O) groups is 1. The first kappa shape index (κ1) is 18.9. The van der Waals surface area contributed by atoms with Crippen LogP contribution in [0.15, 0.2) is 42.5 Å². The highest BCUT2D eigenvalue weighted by Gasteiger charge is 2.29. The minimum atomic E-state index is -4.45. The highest BCUT2D eigenvalue weighted by Crippen LogP contribution is 2.29. The van der Waals surface area contributed by atoms with Gasteiger partial charge in [0.2, 0.25) is 5.91 Å². The molecule has 2 N–H and O–H groups in total. The quantitative estimate of drug-likeness (QED) is 0.784. The maximum Gasteiger partial charge on any atom is 0.416 e. The third-order valence-electron chi connectivity index (χ3n) is 3.49. The molecule has 2 rings (SSSR count). The van der Waals surface area contributed by atoms with Crippen molar-refractivity contribution in [3.05, 3.63) is 65.2 Å². The Labute approximate surface area is 140 Å². The van der Waals surface area contributed by atoms with Crippen molar-refractivity contribution in [1.29, 1.82) is 0 Å². The molecule has 25 heavy (non-hydrogen) atoms. The predicted molar refractivity (Wildman–Crippen MR) is 82.8 cm³/mol. The zero-order chi connectivity index (χ0) is 18.6. The molecular weight excluding hydrogens is 343 g/mol. The first-order valence-corrected chi connectivity index (χ1v) is 7.32. The minimum Gasteiger partial charge on any atom is -0.325 e. The van der Waals surface area contributed by atoms with Crippen LogP contribution in [0.25, 0.3) is 0 Å². The number of rotatable bonds is 5. The van der Waals surface area contributed by atoms with Crippen LogP contribution in [-0.4, -0.2) is 12.5 Å². The summed E-state index contributed by atoms with van der Waals surface area (Å²) in [5.41, 5.74) is -0.409. The van der Waals surface area contributed by atoms with Gasteiger partial charge in [-0.1, -0.05) is 6.07 Å². The normalized spacial score (nSPS) is 12.7. The zero-order valence-electron chi connectivity index (χ0n) is 13.1. The van der Waals surface area contributed by atoms with E-state index in [1.807, 2.05) is 0 Å². The van der Waals surface area contributed by atoms with Gasteiger partial charge in [0.15, 0.2) is 0 Å². The van der Waals surface area contributed by atoms with Crippen molar-refractivity contribution in [3.63, 3.8) is 0 Å². The topological polar surface area (TPSA) is 41.1 Å². The predicted octanol–water partition coefficient (Wildman–Crippen LogP) is 4.27. The summed E-state index contributed by atoms with van der Waals surface area (Å²) in [6.45, 7) is 1.40. The van der Waals surface area contributed by atoms with E-state index >= 15 is 0 Å². The van der Waals surface area contributed by atoms with E-state index < -0.39 is 35.3 Å². The second kappa shape index (κ2) is 7.60. The van der Waals surface area contributed by atoms with Crippen molar-refractivity contribution in [3.8, 4) is 0 Å². The third-order valence-corrected chi connectivity index (χ3v) is 3.49. The summed E-state index contributed by atoms with van der Waals surface area (Å²) in [4.78, 5) is 11.8. The monoisotopic (exact) mass is 358 g/mol.